The number of ether oxygens (including phenoxy) is 3. The van der Waals surface area contributed by atoms with Crippen LogP contribution in [0.15, 0.2) is 42.5 Å². The van der Waals surface area contributed by atoms with Crippen molar-refractivity contribution in [3.05, 3.63) is 42.5 Å². The average molecular weight is 381 g/mol. The van der Waals surface area contributed by atoms with Gasteiger partial charge >= 0.3 is 0 Å². The minimum Gasteiger partial charge on any atom is -0.497 e. The molecule has 0 amide bonds. The number of rotatable bonds is 9. The number of carbonyl (C=O) groups excluding carboxylic acids is 1. The van der Waals surface area contributed by atoms with Gasteiger partial charge in [-0.3, -0.25) is 4.79 Å². The number of nitrogens with two attached hydrogens (primary N) is 1. The zero-order valence-corrected chi connectivity index (χ0v) is 16.0. The lowest BCUT2D eigenvalue weighted by molar-refractivity contribution is -0.118. The summed E-state index contributed by atoms with van der Waals surface area (Å²) in [5, 5.41) is 0.875. The Kier molecular flexibility index (Phi) is 6.39. The molecule has 0 radical (unpaired) electrons. The Morgan fingerprint density at radius 3 is 2.68 bits per heavy atom. The number of Topliss-reactive ketones (excluding diaryl/α,β-unsaturated/α-hetero) is 1. The Morgan fingerprint density at radius 2 is 1.89 bits per heavy atom. The van der Waals surface area contributed by atoms with Crippen molar-refractivity contribution in [2.24, 2.45) is 0 Å². The first-order valence-electron chi connectivity index (χ1n) is 8.98. The molecule has 28 heavy (non-hydrogen) atoms. The first-order chi connectivity index (χ1) is 13.6. The molecule has 7 nitrogen and oxygen atoms in total. The van der Waals surface area contributed by atoms with Crippen molar-refractivity contribution in [1.29, 1.82) is 0 Å². The molecule has 0 aliphatic rings. The number of carbonyl (C=O) groups is 1. The average Bonchev–Trinajstić information content (AvgIpc) is 2.69. The third-order valence-corrected chi connectivity index (χ3v) is 4.12. The standard InChI is InChI=1S/C21H23N3O4/c1-14(25)8-9-27-10-11-28-17-5-3-4-15(12-17)20-18-7-6-16(26-2)13-19(18)23-21(22)24-20/h3-7,12-13H,8-11H2,1-2H3,(H2,22,23,24). The van der Waals surface area contributed by atoms with Gasteiger partial charge in [-0.2, -0.15) is 0 Å². The molecule has 0 aliphatic carbocycles. The Balaban J connectivity index is 1.75. The van der Waals surface area contributed by atoms with Gasteiger partial charge in [-0.05, 0) is 31.2 Å². The van der Waals surface area contributed by atoms with E-state index in [4.69, 9.17) is 19.9 Å². The Hall–Kier alpha value is -3.19. The second kappa shape index (κ2) is 9.14. The lowest BCUT2D eigenvalue weighted by Crippen LogP contribution is -2.09. The van der Waals surface area contributed by atoms with Crippen molar-refractivity contribution in [3.8, 4) is 22.8 Å². The normalized spacial score (nSPS) is 10.8. The summed E-state index contributed by atoms with van der Waals surface area (Å²) in [5.74, 6) is 1.72. The summed E-state index contributed by atoms with van der Waals surface area (Å²) in [5.41, 5.74) is 8.22. The molecule has 1 aromatic heterocycles. The fraction of sp³-hybridized carbons (Fsp3) is 0.286. The van der Waals surface area contributed by atoms with E-state index < -0.39 is 0 Å². The van der Waals surface area contributed by atoms with Crippen LogP contribution in [0.3, 0.4) is 0 Å². The molecule has 146 valence electrons. The van der Waals surface area contributed by atoms with Gasteiger partial charge < -0.3 is 19.9 Å². The summed E-state index contributed by atoms with van der Waals surface area (Å²) in [6.45, 7) is 2.77. The second-order valence-corrected chi connectivity index (χ2v) is 6.25. The van der Waals surface area contributed by atoms with E-state index in [-0.39, 0.29) is 11.7 Å². The maximum absolute atomic E-state index is 10.9. The van der Waals surface area contributed by atoms with Crippen molar-refractivity contribution in [1.82, 2.24) is 9.97 Å². The van der Waals surface area contributed by atoms with E-state index in [0.29, 0.717) is 43.3 Å². The van der Waals surface area contributed by atoms with E-state index in [0.717, 1.165) is 16.6 Å². The van der Waals surface area contributed by atoms with Crippen molar-refractivity contribution in [2.75, 3.05) is 32.7 Å². The van der Waals surface area contributed by atoms with Crippen LogP contribution in [0.4, 0.5) is 5.95 Å². The highest BCUT2D eigenvalue weighted by Crippen LogP contribution is 2.30. The van der Waals surface area contributed by atoms with Gasteiger partial charge in [-0.15, -0.1) is 0 Å². The van der Waals surface area contributed by atoms with Crippen LogP contribution in [0.25, 0.3) is 22.2 Å². The minimum absolute atomic E-state index is 0.114. The lowest BCUT2D eigenvalue weighted by atomic mass is 10.1. The molecule has 7 heteroatoms. The number of hydrogen-bond donors (Lipinski definition) is 1. The third-order valence-electron chi connectivity index (χ3n) is 4.12. The minimum atomic E-state index is 0.114. The number of anilines is 1. The summed E-state index contributed by atoms with van der Waals surface area (Å²) in [6, 6.07) is 13.2. The molecule has 0 saturated heterocycles. The zero-order valence-electron chi connectivity index (χ0n) is 16.0. The van der Waals surface area contributed by atoms with Crippen LogP contribution in [0.5, 0.6) is 11.5 Å². The van der Waals surface area contributed by atoms with Crippen molar-refractivity contribution >= 4 is 22.6 Å². The molecule has 2 N–H and O–H groups in total. The largest absolute Gasteiger partial charge is 0.497 e. The number of ketones is 1. The maximum atomic E-state index is 10.9. The van der Waals surface area contributed by atoms with Gasteiger partial charge in [0.2, 0.25) is 5.95 Å². The van der Waals surface area contributed by atoms with E-state index in [1.165, 1.54) is 0 Å². The molecular formula is C21H23N3O4. The molecule has 0 spiro atoms. The highest BCUT2D eigenvalue weighted by atomic mass is 16.5. The van der Waals surface area contributed by atoms with Gasteiger partial charge in [0, 0.05) is 23.4 Å². The summed E-state index contributed by atoms with van der Waals surface area (Å²) >= 11 is 0. The van der Waals surface area contributed by atoms with Gasteiger partial charge in [0.05, 0.1) is 31.5 Å². The SMILES string of the molecule is COc1ccc2c(-c3cccc(OCCOCCC(C)=O)c3)nc(N)nc2c1. The van der Waals surface area contributed by atoms with Crippen LogP contribution in [0.2, 0.25) is 0 Å². The topological polar surface area (TPSA) is 96.6 Å². The van der Waals surface area contributed by atoms with Gasteiger partial charge in [0.1, 0.15) is 23.9 Å². The Labute approximate surface area is 163 Å². The first kappa shape index (κ1) is 19.6. The lowest BCUT2D eigenvalue weighted by Gasteiger charge is -2.11. The fourth-order valence-electron chi connectivity index (χ4n) is 2.74. The quantitative estimate of drug-likeness (QED) is 0.568. The van der Waals surface area contributed by atoms with E-state index in [2.05, 4.69) is 9.97 Å². The van der Waals surface area contributed by atoms with Gasteiger partial charge in [0.15, 0.2) is 0 Å². The first-order valence-corrected chi connectivity index (χ1v) is 8.98. The molecule has 0 unspecified atom stereocenters. The number of nitrogen functional groups attached to an aromatic ring is 1. The fourth-order valence-corrected chi connectivity index (χ4v) is 2.74. The smallest absolute Gasteiger partial charge is 0.221 e. The molecular weight excluding hydrogens is 358 g/mol. The van der Waals surface area contributed by atoms with Crippen LogP contribution in [0.1, 0.15) is 13.3 Å². The van der Waals surface area contributed by atoms with Crippen LogP contribution in [-0.4, -0.2) is 42.7 Å². The molecule has 0 saturated carbocycles. The third kappa shape index (κ3) is 4.95. The van der Waals surface area contributed by atoms with Crippen molar-refractivity contribution in [2.45, 2.75) is 13.3 Å². The maximum Gasteiger partial charge on any atom is 0.221 e. The number of fused-ring (bicyclic) bond motifs is 1. The van der Waals surface area contributed by atoms with E-state index in [1.807, 2.05) is 42.5 Å². The highest BCUT2D eigenvalue weighted by molar-refractivity contribution is 5.94. The van der Waals surface area contributed by atoms with E-state index in [9.17, 15) is 4.79 Å². The number of nitrogens with zero attached hydrogens (tertiary/aromatic N) is 2. The molecule has 0 fully saturated rings. The number of benzene rings is 2. The molecule has 0 atom stereocenters. The van der Waals surface area contributed by atoms with Crippen molar-refractivity contribution in [3.63, 3.8) is 0 Å². The molecule has 3 rings (SSSR count). The number of methoxy groups -OCH3 is 1. The molecule has 0 bridgehead atoms. The van der Waals surface area contributed by atoms with Crippen molar-refractivity contribution < 1.29 is 19.0 Å². The predicted octanol–water partition coefficient (Wildman–Crippen LogP) is 3.26. The van der Waals surface area contributed by atoms with Crippen LogP contribution < -0.4 is 15.2 Å². The highest BCUT2D eigenvalue weighted by Gasteiger charge is 2.10. The zero-order chi connectivity index (χ0) is 19.9. The predicted molar refractivity (Wildman–Crippen MR) is 108 cm³/mol. The monoisotopic (exact) mass is 381 g/mol. The molecule has 2 aromatic carbocycles. The van der Waals surface area contributed by atoms with Crippen LogP contribution >= 0.6 is 0 Å². The van der Waals surface area contributed by atoms with Crippen LogP contribution in [-0.2, 0) is 9.53 Å². The summed E-state index contributed by atoms with van der Waals surface area (Å²) in [6.07, 6.45) is 0.419. The van der Waals surface area contributed by atoms with Gasteiger partial charge in [-0.1, -0.05) is 12.1 Å². The Bertz CT molecular complexity index is 975. The Morgan fingerprint density at radius 1 is 1.04 bits per heavy atom. The number of hydrogen-bond acceptors (Lipinski definition) is 7. The molecule has 1 heterocycles. The molecule has 0 aliphatic heterocycles. The number of aromatic nitrogens is 2. The van der Waals surface area contributed by atoms with Crippen LogP contribution in [0, 0.1) is 0 Å². The summed E-state index contributed by atoms with van der Waals surface area (Å²) < 4.78 is 16.4. The van der Waals surface area contributed by atoms with E-state index >= 15 is 0 Å². The van der Waals surface area contributed by atoms with Gasteiger partial charge in [-0.25, -0.2) is 9.97 Å². The summed E-state index contributed by atoms with van der Waals surface area (Å²) in [4.78, 5) is 19.6. The second-order valence-electron chi connectivity index (χ2n) is 6.25. The van der Waals surface area contributed by atoms with E-state index in [1.54, 1.807) is 14.0 Å². The molecule has 3 aromatic rings. The summed E-state index contributed by atoms with van der Waals surface area (Å²) in [7, 11) is 1.61. The van der Waals surface area contributed by atoms with Gasteiger partial charge in [0.25, 0.3) is 0 Å².